The van der Waals surface area contributed by atoms with E-state index >= 15 is 0 Å². The molecule has 3 rings (SSSR count). The number of carboxylic acids is 1. The Morgan fingerprint density at radius 2 is 1.82 bits per heavy atom. The molecule has 6 nitrogen and oxygen atoms in total. The highest BCUT2D eigenvalue weighted by molar-refractivity contribution is 5.68. The topological polar surface area (TPSA) is 77.9 Å². The summed E-state index contributed by atoms with van der Waals surface area (Å²) in [6.45, 7) is 1.73. The van der Waals surface area contributed by atoms with Crippen LogP contribution >= 0.6 is 0 Å². The molecular formula is C25H24F3NO5. The van der Waals surface area contributed by atoms with Gasteiger partial charge in [0, 0.05) is 19.1 Å². The standard InChI is InChI=1S/C25H24F3NO5/c1-16-14-19(10-11-22(16)33-15-24(30)31)34-23(12-13-32-2)21-5-3-4-20(29-21)17-6-8-18(9-7-17)25(26,27)28/h3-11,14,23H,12-13,15H2,1-2H3,(H,30,31)/t23-/m1/s1. The summed E-state index contributed by atoms with van der Waals surface area (Å²) >= 11 is 0. The van der Waals surface area contributed by atoms with Crippen molar-refractivity contribution in [2.45, 2.75) is 25.6 Å². The molecule has 0 aliphatic rings. The highest BCUT2D eigenvalue weighted by Crippen LogP contribution is 2.32. The predicted molar refractivity (Wildman–Crippen MR) is 119 cm³/mol. The maximum atomic E-state index is 12.9. The first-order valence-corrected chi connectivity index (χ1v) is 10.4. The molecule has 2 aromatic carbocycles. The summed E-state index contributed by atoms with van der Waals surface area (Å²) in [6, 6.07) is 15.1. The zero-order chi connectivity index (χ0) is 24.7. The molecule has 0 unspecified atom stereocenters. The number of pyridine rings is 1. The molecule has 0 saturated carbocycles. The molecule has 0 aliphatic heterocycles. The number of aliphatic carboxylic acids is 1. The molecule has 0 spiro atoms. The van der Waals surface area contributed by atoms with Crippen LogP contribution in [0.4, 0.5) is 13.2 Å². The highest BCUT2D eigenvalue weighted by atomic mass is 19.4. The van der Waals surface area contributed by atoms with Gasteiger partial charge in [0.05, 0.1) is 23.6 Å². The third kappa shape index (κ3) is 6.71. The quantitative estimate of drug-likeness (QED) is 0.406. The van der Waals surface area contributed by atoms with Gasteiger partial charge in [0.25, 0.3) is 0 Å². The Morgan fingerprint density at radius 3 is 2.44 bits per heavy atom. The number of rotatable bonds is 10. The van der Waals surface area contributed by atoms with Crippen molar-refractivity contribution in [1.29, 1.82) is 0 Å². The number of carboxylic acid groups (broad SMARTS) is 1. The first-order chi connectivity index (χ1) is 16.2. The minimum Gasteiger partial charge on any atom is -0.484 e. The molecule has 34 heavy (non-hydrogen) atoms. The van der Waals surface area contributed by atoms with Gasteiger partial charge in [0.2, 0.25) is 0 Å². The zero-order valence-corrected chi connectivity index (χ0v) is 18.6. The van der Waals surface area contributed by atoms with E-state index in [0.717, 1.165) is 12.1 Å². The van der Waals surface area contributed by atoms with Crippen LogP contribution in [0.3, 0.4) is 0 Å². The van der Waals surface area contributed by atoms with Crippen molar-refractivity contribution in [3.05, 3.63) is 77.5 Å². The van der Waals surface area contributed by atoms with Crippen LogP contribution in [0, 0.1) is 6.92 Å². The third-order valence-electron chi connectivity index (χ3n) is 4.97. The van der Waals surface area contributed by atoms with Crippen molar-refractivity contribution in [2.75, 3.05) is 20.3 Å². The van der Waals surface area contributed by atoms with Gasteiger partial charge in [-0.15, -0.1) is 0 Å². The van der Waals surface area contributed by atoms with E-state index in [9.17, 15) is 18.0 Å². The summed E-state index contributed by atoms with van der Waals surface area (Å²) in [5, 5.41) is 8.78. The van der Waals surface area contributed by atoms with E-state index in [1.54, 1.807) is 50.4 Å². The molecule has 1 N–H and O–H groups in total. The van der Waals surface area contributed by atoms with Crippen molar-refractivity contribution in [3.63, 3.8) is 0 Å². The van der Waals surface area contributed by atoms with Crippen LogP contribution in [-0.2, 0) is 15.7 Å². The van der Waals surface area contributed by atoms with Crippen LogP contribution in [0.1, 0.15) is 29.3 Å². The first-order valence-electron chi connectivity index (χ1n) is 10.4. The lowest BCUT2D eigenvalue weighted by molar-refractivity contribution is -0.139. The van der Waals surface area contributed by atoms with Crippen molar-refractivity contribution in [3.8, 4) is 22.8 Å². The van der Waals surface area contributed by atoms with Gasteiger partial charge < -0.3 is 19.3 Å². The van der Waals surface area contributed by atoms with Gasteiger partial charge in [-0.3, -0.25) is 0 Å². The monoisotopic (exact) mass is 475 g/mol. The van der Waals surface area contributed by atoms with Crippen molar-refractivity contribution in [2.24, 2.45) is 0 Å². The largest absolute Gasteiger partial charge is 0.484 e. The lowest BCUT2D eigenvalue weighted by atomic mass is 10.1. The normalized spacial score (nSPS) is 12.3. The minimum atomic E-state index is -4.40. The fourth-order valence-corrected chi connectivity index (χ4v) is 3.27. The lowest BCUT2D eigenvalue weighted by Gasteiger charge is -2.20. The van der Waals surface area contributed by atoms with Gasteiger partial charge in [0.15, 0.2) is 6.61 Å². The summed E-state index contributed by atoms with van der Waals surface area (Å²) < 4.78 is 55.2. The number of alkyl halides is 3. The Morgan fingerprint density at radius 1 is 1.09 bits per heavy atom. The van der Waals surface area contributed by atoms with E-state index in [-0.39, 0.29) is 0 Å². The highest BCUT2D eigenvalue weighted by Gasteiger charge is 2.30. The molecule has 1 atom stereocenters. The first kappa shape index (κ1) is 25.0. The Labute approximate surface area is 194 Å². The molecule has 1 heterocycles. The molecule has 0 amide bonds. The van der Waals surface area contributed by atoms with Crippen molar-refractivity contribution >= 4 is 5.97 Å². The summed E-state index contributed by atoms with van der Waals surface area (Å²) in [5.74, 6) is -0.105. The van der Waals surface area contributed by atoms with Crippen molar-refractivity contribution in [1.82, 2.24) is 4.98 Å². The number of nitrogens with zero attached hydrogens (tertiary/aromatic N) is 1. The predicted octanol–water partition coefficient (Wildman–Crippen LogP) is 5.70. The molecule has 0 saturated heterocycles. The van der Waals surface area contributed by atoms with E-state index in [0.29, 0.717) is 47.0 Å². The summed E-state index contributed by atoms with van der Waals surface area (Å²) in [4.78, 5) is 15.3. The van der Waals surface area contributed by atoms with E-state index in [1.165, 1.54) is 12.1 Å². The molecule has 0 fully saturated rings. The van der Waals surface area contributed by atoms with Crippen LogP contribution in [0.5, 0.6) is 11.5 Å². The third-order valence-corrected chi connectivity index (χ3v) is 4.97. The number of benzene rings is 2. The zero-order valence-electron chi connectivity index (χ0n) is 18.6. The molecular weight excluding hydrogens is 451 g/mol. The van der Waals surface area contributed by atoms with Gasteiger partial charge in [0.1, 0.15) is 17.6 Å². The summed E-state index contributed by atoms with van der Waals surface area (Å²) in [5.41, 5.74) is 1.65. The lowest BCUT2D eigenvalue weighted by Crippen LogP contribution is -2.13. The Bertz CT molecular complexity index is 1120. The van der Waals surface area contributed by atoms with Gasteiger partial charge in [-0.05, 0) is 55.0 Å². The fourth-order valence-electron chi connectivity index (χ4n) is 3.27. The minimum absolute atomic E-state index is 0.398. The number of methoxy groups -OCH3 is 1. The Hall–Kier alpha value is -3.59. The van der Waals surface area contributed by atoms with Gasteiger partial charge in [-0.1, -0.05) is 18.2 Å². The number of ether oxygens (including phenoxy) is 3. The Kier molecular flexibility index (Phi) is 8.12. The van der Waals surface area contributed by atoms with E-state index < -0.39 is 30.4 Å². The van der Waals surface area contributed by atoms with Gasteiger partial charge in [-0.25, -0.2) is 9.78 Å². The summed E-state index contributed by atoms with van der Waals surface area (Å²) in [6.07, 6.45) is -4.41. The van der Waals surface area contributed by atoms with Gasteiger partial charge in [-0.2, -0.15) is 13.2 Å². The molecule has 1 aromatic heterocycles. The van der Waals surface area contributed by atoms with Crippen molar-refractivity contribution < 1.29 is 37.3 Å². The van der Waals surface area contributed by atoms with E-state index in [2.05, 4.69) is 4.98 Å². The second kappa shape index (κ2) is 11.0. The fraction of sp³-hybridized carbons (Fsp3) is 0.280. The second-order valence-corrected chi connectivity index (χ2v) is 7.52. The number of aromatic nitrogens is 1. The second-order valence-electron chi connectivity index (χ2n) is 7.52. The molecule has 9 heteroatoms. The average Bonchev–Trinajstić information content (AvgIpc) is 2.80. The number of hydrogen-bond acceptors (Lipinski definition) is 5. The number of halogens is 3. The molecule has 3 aromatic rings. The molecule has 0 radical (unpaired) electrons. The molecule has 180 valence electrons. The maximum Gasteiger partial charge on any atom is 0.416 e. The number of carbonyl (C=O) groups is 1. The van der Waals surface area contributed by atoms with Gasteiger partial charge >= 0.3 is 12.1 Å². The Balaban J connectivity index is 1.83. The van der Waals surface area contributed by atoms with Crippen LogP contribution in [0.2, 0.25) is 0 Å². The van der Waals surface area contributed by atoms with Crippen LogP contribution < -0.4 is 9.47 Å². The number of aryl methyl sites for hydroxylation is 1. The van der Waals surface area contributed by atoms with Crippen LogP contribution in [0.15, 0.2) is 60.7 Å². The summed E-state index contributed by atoms with van der Waals surface area (Å²) in [7, 11) is 1.57. The molecule has 0 bridgehead atoms. The number of hydrogen-bond donors (Lipinski definition) is 1. The van der Waals surface area contributed by atoms with Crippen LogP contribution in [0.25, 0.3) is 11.3 Å². The van der Waals surface area contributed by atoms with E-state index in [4.69, 9.17) is 19.3 Å². The SMILES string of the molecule is COCC[C@@H](Oc1ccc(OCC(=O)O)c(C)c1)c1cccc(-c2ccc(C(F)(F)F)cc2)n1. The van der Waals surface area contributed by atoms with Crippen LogP contribution in [-0.4, -0.2) is 36.4 Å². The smallest absolute Gasteiger partial charge is 0.416 e. The average molecular weight is 475 g/mol. The molecule has 0 aliphatic carbocycles. The maximum absolute atomic E-state index is 12.9. The van der Waals surface area contributed by atoms with E-state index in [1.807, 2.05) is 0 Å².